The van der Waals surface area contributed by atoms with E-state index in [-0.39, 0.29) is 12.6 Å². The van der Waals surface area contributed by atoms with Gasteiger partial charge in [-0.15, -0.1) is 0 Å². The van der Waals surface area contributed by atoms with E-state index in [0.717, 1.165) is 19.4 Å². The summed E-state index contributed by atoms with van der Waals surface area (Å²) in [6.45, 7) is 2.62. The molecule has 0 aromatic carbocycles. The summed E-state index contributed by atoms with van der Waals surface area (Å²) in [5, 5.41) is 8.70. The summed E-state index contributed by atoms with van der Waals surface area (Å²) >= 11 is 0. The van der Waals surface area contributed by atoms with Crippen LogP contribution >= 0.6 is 0 Å². The van der Waals surface area contributed by atoms with Gasteiger partial charge in [-0.1, -0.05) is 0 Å². The largest absolute Gasteiger partial charge is 0.396 e. The van der Waals surface area contributed by atoms with Crippen molar-refractivity contribution < 1.29 is 5.11 Å². The van der Waals surface area contributed by atoms with Gasteiger partial charge in [-0.2, -0.15) is 0 Å². The molecular formula is C10H22N2O. The fraction of sp³-hybridized carbons (Fsp3) is 1.00. The van der Waals surface area contributed by atoms with E-state index in [1.807, 2.05) is 0 Å². The van der Waals surface area contributed by atoms with Gasteiger partial charge in [0.1, 0.15) is 0 Å². The standard InChI is InChI=1S/C10H22N2O/c1-12-6-2-4-9(8-12)10(11)5-3-7-13/h9-10,13H,2-8,11H2,1H3. The monoisotopic (exact) mass is 186 g/mol. The Hall–Kier alpha value is -0.120. The predicted octanol–water partition coefficient (Wildman–Crippen LogP) is 0.428. The Balaban J connectivity index is 2.24. The van der Waals surface area contributed by atoms with Gasteiger partial charge in [0, 0.05) is 19.2 Å². The van der Waals surface area contributed by atoms with Gasteiger partial charge in [0.15, 0.2) is 0 Å². The molecule has 78 valence electrons. The lowest BCUT2D eigenvalue weighted by molar-refractivity contribution is 0.178. The molecule has 0 aliphatic carbocycles. The molecule has 0 spiro atoms. The van der Waals surface area contributed by atoms with Crippen LogP contribution in [0.5, 0.6) is 0 Å². The molecule has 0 radical (unpaired) electrons. The molecule has 1 saturated heterocycles. The number of nitrogens with zero attached hydrogens (tertiary/aromatic N) is 1. The summed E-state index contributed by atoms with van der Waals surface area (Å²) in [5.74, 6) is 0.644. The number of hydrogen-bond acceptors (Lipinski definition) is 3. The minimum atomic E-state index is 0.274. The van der Waals surface area contributed by atoms with Gasteiger partial charge in [-0.05, 0) is 45.2 Å². The quantitative estimate of drug-likeness (QED) is 0.669. The second kappa shape index (κ2) is 5.58. The van der Waals surface area contributed by atoms with Crippen molar-refractivity contribution in [1.29, 1.82) is 0 Å². The molecule has 2 atom stereocenters. The highest BCUT2D eigenvalue weighted by Gasteiger charge is 2.22. The molecule has 1 aliphatic rings. The molecule has 0 amide bonds. The van der Waals surface area contributed by atoms with E-state index in [1.165, 1.54) is 19.4 Å². The Labute approximate surface area is 80.9 Å². The minimum Gasteiger partial charge on any atom is -0.396 e. The first-order chi connectivity index (χ1) is 6.24. The van der Waals surface area contributed by atoms with Gasteiger partial charge in [-0.3, -0.25) is 0 Å². The van der Waals surface area contributed by atoms with Crippen molar-refractivity contribution in [2.24, 2.45) is 11.7 Å². The van der Waals surface area contributed by atoms with Crippen molar-refractivity contribution in [3.05, 3.63) is 0 Å². The molecule has 0 aromatic rings. The van der Waals surface area contributed by atoms with Crippen LogP contribution < -0.4 is 5.73 Å². The molecule has 13 heavy (non-hydrogen) atoms. The third-order valence-corrected chi connectivity index (χ3v) is 2.96. The van der Waals surface area contributed by atoms with E-state index >= 15 is 0 Å². The maximum absolute atomic E-state index is 8.70. The van der Waals surface area contributed by atoms with Crippen LogP contribution in [-0.4, -0.2) is 42.8 Å². The Morgan fingerprint density at radius 3 is 3.00 bits per heavy atom. The number of nitrogens with two attached hydrogens (primary N) is 1. The van der Waals surface area contributed by atoms with Gasteiger partial charge >= 0.3 is 0 Å². The second-order valence-electron chi connectivity index (χ2n) is 4.19. The predicted molar refractivity (Wildman–Crippen MR) is 54.5 cm³/mol. The molecule has 3 heteroatoms. The van der Waals surface area contributed by atoms with E-state index in [1.54, 1.807) is 0 Å². The summed E-state index contributed by atoms with van der Waals surface area (Å²) in [4.78, 5) is 2.35. The lowest BCUT2D eigenvalue weighted by Crippen LogP contribution is -2.41. The zero-order chi connectivity index (χ0) is 9.68. The van der Waals surface area contributed by atoms with Crippen LogP contribution in [0.4, 0.5) is 0 Å². The number of aliphatic hydroxyl groups is 1. The van der Waals surface area contributed by atoms with Crippen molar-refractivity contribution >= 4 is 0 Å². The van der Waals surface area contributed by atoms with E-state index in [9.17, 15) is 0 Å². The number of likely N-dealkylation sites (tertiary alicyclic amines) is 1. The van der Waals surface area contributed by atoms with Gasteiger partial charge < -0.3 is 15.7 Å². The van der Waals surface area contributed by atoms with E-state index in [0.29, 0.717) is 5.92 Å². The van der Waals surface area contributed by atoms with E-state index < -0.39 is 0 Å². The van der Waals surface area contributed by atoms with E-state index in [2.05, 4.69) is 11.9 Å². The topological polar surface area (TPSA) is 49.5 Å². The zero-order valence-corrected chi connectivity index (χ0v) is 8.58. The average molecular weight is 186 g/mol. The lowest BCUT2D eigenvalue weighted by Gasteiger charge is -2.33. The van der Waals surface area contributed by atoms with E-state index in [4.69, 9.17) is 10.8 Å². The van der Waals surface area contributed by atoms with Gasteiger partial charge in [-0.25, -0.2) is 0 Å². The third kappa shape index (κ3) is 3.63. The molecule has 1 rings (SSSR count). The Bertz CT molecular complexity index is 141. The smallest absolute Gasteiger partial charge is 0.0431 e. The van der Waals surface area contributed by atoms with Gasteiger partial charge in [0.2, 0.25) is 0 Å². The molecule has 1 heterocycles. The average Bonchev–Trinajstić information content (AvgIpc) is 2.14. The van der Waals surface area contributed by atoms with Crippen molar-refractivity contribution in [2.45, 2.75) is 31.7 Å². The maximum atomic E-state index is 8.70. The van der Waals surface area contributed by atoms with Crippen LogP contribution in [0, 0.1) is 5.92 Å². The fourth-order valence-electron chi connectivity index (χ4n) is 2.12. The number of hydrogen-bond donors (Lipinski definition) is 2. The molecule has 0 saturated carbocycles. The summed E-state index contributed by atoms with van der Waals surface area (Å²) in [6, 6.07) is 0.287. The van der Waals surface area contributed by atoms with Gasteiger partial charge in [0.25, 0.3) is 0 Å². The number of aliphatic hydroxyl groups excluding tert-OH is 1. The normalized spacial score (nSPS) is 27.5. The first kappa shape index (κ1) is 11.0. The Kier molecular flexibility index (Phi) is 4.70. The molecule has 0 bridgehead atoms. The van der Waals surface area contributed by atoms with Crippen molar-refractivity contribution in [3.8, 4) is 0 Å². The highest BCUT2D eigenvalue weighted by molar-refractivity contribution is 4.79. The summed E-state index contributed by atoms with van der Waals surface area (Å²) in [5.41, 5.74) is 6.06. The molecule has 1 aliphatic heterocycles. The van der Waals surface area contributed by atoms with Crippen LogP contribution in [0.1, 0.15) is 25.7 Å². The summed E-state index contributed by atoms with van der Waals surface area (Å²) in [6.07, 6.45) is 4.35. The van der Waals surface area contributed by atoms with Gasteiger partial charge in [0.05, 0.1) is 0 Å². The maximum Gasteiger partial charge on any atom is 0.0431 e. The van der Waals surface area contributed by atoms with Crippen LogP contribution in [0.15, 0.2) is 0 Å². The molecular weight excluding hydrogens is 164 g/mol. The Morgan fingerprint density at radius 2 is 2.38 bits per heavy atom. The zero-order valence-electron chi connectivity index (χ0n) is 8.58. The Morgan fingerprint density at radius 1 is 1.62 bits per heavy atom. The second-order valence-corrected chi connectivity index (χ2v) is 4.19. The highest BCUT2D eigenvalue weighted by atomic mass is 16.2. The molecule has 3 N–H and O–H groups in total. The van der Waals surface area contributed by atoms with Crippen LogP contribution in [-0.2, 0) is 0 Å². The highest BCUT2D eigenvalue weighted by Crippen LogP contribution is 2.19. The first-order valence-corrected chi connectivity index (χ1v) is 5.29. The fourth-order valence-corrected chi connectivity index (χ4v) is 2.12. The first-order valence-electron chi connectivity index (χ1n) is 5.29. The van der Waals surface area contributed by atoms with Crippen LogP contribution in [0.2, 0.25) is 0 Å². The summed E-state index contributed by atoms with van der Waals surface area (Å²) in [7, 11) is 2.16. The van der Waals surface area contributed by atoms with Crippen molar-refractivity contribution in [3.63, 3.8) is 0 Å². The summed E-state index contributed by atoms with van der Waals surface area (Å²) < 4.78 is 0. The SMILES string of the molecule is CN1CCCC(C(N)CCCO)C1. The van der Waals surface area contributed by atoms with Crippen LogP contribution in [0.25, 0.3) is 0 Å². The lowest BCUT2D eigenvalue weighted by atomic mass is 9.89. The van der Waals surface area contributed by atoms with Crippen LogP contribution in [0.3, 0.4) is 0 Å². The number of rotatable bonds is 4. The molecule has 0 aromatic heterocycles. The van der Waals surface area contributed by atoms with Crippen molar-refractivity contribution in [1.82, 2.24) is 4.90 Å². The van der Waals surface area contributed by atoms with Crippen molar-refractivity contribution in [2.75, 3.05) is 26.7 Å². The molecule has 2 unspecified atom stereocenters. The molecule has 1 fully saturated rings. The third-order valence-electron chi connectivity index (χ3n) is 2.96. The minimum absolute atomic E-state index is 0.274. The number of piperidine rings is 1. The molecule has 3 nitrogen and oxygen atoms in total.